The van der Waals surface area contributed by atoms with E-state index in [0.717, 1.165) is 5.56 Å². The third-order valence-corrected chi connectivity index (χ3v) is 5.24. The van der Waals surface area contributed by atoms with E-state index in [9.17, 15) is 9.59 Å². The lowest BCUT2D eigenvalue weighted by Gasteiger charge is -2.15. The van der Waals surface area contributed by atoms with Crippen LogP contribution in [0.1, 0.15) is 21.1 Å². The van der Waals surface area contributed by atoms with Crippen molar-refractivity contribution in [1.29, 1.82) is 0 Å². The molecule has 0 aliphatic rings. The standard InChI is InChI=1S/C19H17ClN2O4S/c1-12-17(27-18(21-12)13-5-7-14(20)8-6-13)19(24)26-11-16(23)22(2)10-15-4-3-9-25-15/h3-9H,10-11H2,1-2H3. The summed E-state index contributed by atoms with van der Waals surface area (Å²) in [5.74, 6) is -0.229. The monoisotopic (exact) mass is 404 g/mol. The summed E-state index contributed by atoms with van der Waals surface area (Å²) in [7, 11) is 1.62. The number of aryl methyl sites for hydroxylation is 1. The molecule has 27 heavy (non-hydrogen) atoms. The minimum atomic E-state index is -0.565. The zero-order valence-electron chi connectivity index (χ0n) is 14.8. The summed E-state index contributed by atoms with van der Waals surface area (Å²) in [4.78, 5) is 30.7. The van der Waals surface area contributed by atoms with Gasteiger partial charge in [-0.15, -0.1) is 11.3 Å². The van der Waals surface area contributed by atoms with E-state index in [1.165, 1.54) is 16.2 Å². The molecule has 140 valence electrons. The second-order valence-electron chi connectivity index (χ2n) is 5.85. The highest BCUT2D eigenvalue weighted by Gasteiger charge is 2.20. The second kappa shape index (κ2) is 8.37. The summed E-state index contributed by atoms with van der Waals surface area (Å²) in [6.07, 6.45) is 1.54. The minimum absolute atomic E-state index is 0.309. The smallest absolute Gasteiger partial charge is 0.350 e. The quantitative estimate of drug-likeness (QED) is 0.576. The molecule has 0 unspecified atom stereocenters. The predicted molar refractivity (Wildman–Crippen MR) is 103 cm³/mol. The van der Waals surface area contributed by atoms with Crippen LogP contribution >= 0.6 is 22.9 Å². The molecular weight excluding hydrogens is 388 g/mol. The van der Waals surface area contributed by atoms with Crippen LogP contribution in [0, 0.1) is 6.92 Å². The highest BCUT2D eigenvalue weighted by atomic mass is 35.5. The van der Waals surface area contributed by atoms with Gasteiger partial charge >= 0.3 is 5.97 Å². The number of ether oxygens (including phenoxy) is 1. The zero-order chi connectivity index (χ0) is 19.4. The maximum Gasteiger partial charge on any atom is 0.350 e. The van der Waals surface area contributed by atoms with Crippen molar-refractivity contribution in [3.63, 3.8) is 0 Å². The number of hydrogen-bond acceptors (Lipinski definition) is 6. The minimum Gasteiger partial charge on any atom is -0.467 e. The van der Waals surface area contributed by atoms with Crippen molar-refractivity contribution in [2.45, 2.75) is 13.5 Å². The molecule has 0 bridgehead atoms. The van der Waals surface area contributed by atoms with Crippen LogP contribution in [0.2, 0.25) is 5.02 Å². The Morgan fingerprint density at radius 1 is 1.26 bits per heavy atom. The average Bonchev–Trinajstić information content (AvgIpc) is 3.29. The number of amides is 1. The third-order valence-electron chi connectivity index (χ3n) is 3.80. The molecule has 8 heteroatoms. The molecule has 3 aromatic rings. The molecule has 0 atom stereocenters. The van der Waals surface area contributed by atoms with Gasteiger partial charge in [0, 0.05) is 17.6 Å². The summed E-state index contributed by atoms with van der Waals surface area (Å²) in [6, 6.07) is 10.7. The Hall–Kier alpha value is -2.64. The molecule has 0 spiro atoms. The molecule has 0 radical (unpaired) electrons. The fourth-order valence-electron chi connectivity index (χ4n) is 2.33. The first-order valence-corrected chi connectivity index (χ1v) is 9.30. The molecule has 0 fully saturated rings. The lowest BCUT2D eigenvalue weighted by atomic mass is 10.2. The van der Waals surface area contributed by atoms with E-state index in [2.05, 4.69) is 4.98 Å². The fourth-order valence-corrected chi connectivity index (χ4v) is 3.42. The number of hydrogen-bond donors (Lipinski definition) is 0. The van der Waals surface area contributed by atoms with Gasteiger partial charge in [0.1, 0.15) is 15.6 Å². The fraction of sp³-hybridized carbons (Fsp3) is 0.211. The van der Waals surface area contributed by atoms with Crippen LogP contribution in [0.5, 0.6) is 0 Å². The number of rotatable bonds is 6. The number of aromatic nitrogens is 1. The number of carbonyl (C=O) groups excluding carboxylic acids is 2. The summed E-state index contributed by atoms with van der Waals surface area (Å²) in [6.45, 7) is 1.70. The number of esters is 1. The number of halogens is 1. The van der Waals surface area contributed by atoms with Gasteiger partial charge in [-0.05, 0) is 31.2 Å². The van der Waals surface area contributed by atoms with Gasteiger partial charge in [-0.25, -0.2) is 9.78 Å². The van der Waals surface area contributed by atoms with Crippen molar-refractivity contribution >= 4 is 34.8 Å². The molecule has 3 rings (SSSR count). The van der Waals surface area contributed by atoms with Gasteiger partial charge in [0.05, 0.1) is 18.5 Å². The predicted octanol–water partition coefficient (Wildman–Crippen LogP) is 4.18. The molecule has 2 aromatic heterocycles. The Kier molecular flexibility index (Phi) is 5.93. The van der Waals surface area contributed by atoms with Gasteiger partial charge in [0.2, 0.25) is 0 Å². The van der Waals surface area contributed by atoms with Crippen molar-refractivity contribution in [3.8, 4) is 10.6 Å². The van der Waals surface area contributed by atoms with Crippen molar-refractivity contribution < 1.29 is 18.7 Å². The van der Waals surface area contributed by atoms with Crippen LogP contribution in [0.25, 0.3) is 10.6 Å². The van der Waals surface area contributed by atoms with Gasteiger partial charge in [0.15, 0.2) is 6.61 Å². The normalized spacial score (nSPS) is 10.6. The largest absolute Gasteiger partial charge is 0.467 e. The summed E-state index contributed by atoms with van der Waals surface area (Å²) < 4.78 is 10.4. The van der Waals surface area contributed by atoms with Crippen molar-refractivity contribution in [2.75, 3.05) is 13.7 Å². The average molecular weight is 405 g/mol. The molecular formula is C19H17ClN2O4S. The molecule has 1 aromatic carbocycles. The molecule has 0 aliphatic carbocycles. The molecule has 1 amide bonds. The van der Waals surface area contributed by atoms with E-state index < -0.39 is 5.97 Å². The number of benzene rings is 1. The van der Waals surface area contributed by atoms with E-state index in [0.29, 0.717) is 32.9 Å². The first kappa shape index (κ1) is 19.1. The van der Waals surface area contributed by atoms with E-state index in [1.54, 1.807) is 44.5 Å². The van der Waals surface area contributed by atoms with E-state index in [1.807, 2.05) is 12.1 Å². The Balaban J connectivity index is 1.61. The van der Waals surface area contributed by atoms with Gasteiger partial charge in [-0.1, -0.05) is 23.7 Å². The SMILES string of the molecule is Cc1nc(-c2ccc(Cl)cc2)sc1C(=O)OCC(=O)N(C)Cc1ccco1. The van der Waals surface area contributed by atoms with Crippen LogP contribution in [-0.4, -0.2) is 35.4 Å². The Morgan fingerprint density at radius 3 is 2.67 bits per heavy atom. The third kappa shape index (κ3) is 4.75. The first-order valence-electron chi connectivity index (χ1n) is 8.11. The lowest BCUT2D eigenvalue weighted by molar-refractivity contribution is -0.133. The summed E-state index contributed by atoms with van der Waals surface area (Å²) in [5, 5.41) is 1.32. The van der Waals surface area contributed by atoms with Gasteiger partial charge in [-0.3, -0.25) is 4.79 Å². The van der Waals surface area contributed by atoms with Gasteiger partial charge in [0.25, 0.3) is 5.91 Å². The van der Waals surface area contributed by atoms with Crippen molar-refractivity contribution in [2.24, 2.45) is 0 Å². The molecule has 0 saturated carbocycles. The Bertz CT molecular complexity index is 935. The molecule has 0 aliphatic heterocycles. The molecule has 0 saturated heterocycles. The molecule has 0 N–H and O–H groups in total. The number of furan rings is 1. The molecule has 6 nitrogen and oxygen atoms in total. The summed E-state index contributed by atoms with van der Waals surface area (Å²) in [5.41, 5.74) is 1.42. The maximum atomic E-state index is 12.3. The number of carbonyl (C=O) groups is 2. The van der Waals surface area contributed by atoms with E-state index >= 15 is 0 Å². The Labute approximate surface area is 165 Å². The van der Waals surface area contributed by atoms with E-state index in [-0.39, 0.29) is 12.5 Å². The van der Waals surface area contributed by atoms with Crippen molar-refractivity contribution in [1.82, 2.24) is 9.88 Å². The Morgan fingerprint density at radius 2 is 2.00 bits per heavy atom. The topological polar surface area (TPSA) is 72.6 Å². The number of likely N-dealkylation sites (N-methyl/N-ethyl adjacent to an activating group) is 1. The van der Waals surface area contributed by atoms with Crippen molar-refractivity contribution in [3.05, 3.63) is 64.0 Å². The highest BCUT2D eigenvalue weighted by molar-refractivity contribution is 7.17. The van der Waals surface area contributed by atoms with E-state index in [4.69, 9.17) is 20.8 Å². The van der Waals surface area contributed by atoms with Crippen LogP contribution in [0.4, 0.5) is 0 Å². The maximum absolute atomic E-state index is 12.3. The summed E-state index contributed by atoms with van der Waals surface area (Å²) >= 11 is 7.12. The first-order chi connectivity index (χ1) is 12.9. The number of nitrogens with zero attached hydrogens (tertiary/aromatic N) is 2. The van der Waals surface area contributed by atoms with Crippen LogP contribution in [-0.2, 0) is 16.1 Å². The van der Waals surface area contributed by atoms with Gasteiger partial charge in [-0.2, -0.15) is 0 Å². The number of thiazole rings is 1. The van der Waals surface area contributed by atoms with Crippen LogP contribution in [0.15, 0.2) is 47.1 Å². The van der Waals surface area contributed by atoms with Crippen LogP contribution in [0.3, 0.4) is 0 Å². The lowest BCUT2D eigenvalue weighted by Crippen LogP contribution is -2.30. The molecule has 2 heterocycles. The van der Waals surface area contributed by atoms with Gasteiger partial charge < -0.3 is 14.1 Å². The zero-order valence-corrected chi connectivity index (χ0v) is 16.3. The van der Waals surface area contributed by atoms with Crippen LogP contribution < -0.4 is 0 Å². The second-order valence-corrected chi connectivity index (χ2v) is 7.28. The highest BCUT2D eigenvalue weighted by Crippen LogP contribution is 2.29.